The van der Waals surface area contributed by atoms with Gasteiger partial charge in [0.05, 0.1) is 18.5 Å². The van der Waals surface area contributed by atoms with Crippen molar-refractivity contribution in [3.05, 3.63) is 42.5 Å². The van der Waals surface area contributed by atoms with Gasteiger partial charge in [-0.15, -0.1) is 0 Å². The van der Waals surface area contributed by atoms with Crippen LogP contribution in [0.25, 0.3) is 0 Å². The van der Waals surface area contributed by atoms with Crippen LogP contribution < -0.4 is 21.1 Å². The fourth-order valence-electron chi connectivity index (χ4n) is 1.91. The molecule has 0 unspecified atom stereocenters. The zero-order valence-corrected chi connectivity index (χ0v) is 10.9. The molecule has 2 rings (SSSR count). The Kier molecular flexibility index (Phi) is 3.65. The number of phenols is 1. The summed E-state index contributed by atoms with van der Waals surface area (Å²) >= 11 is 0. The second-order valence-electron chi connectivity index (χ2n) is 4.09. The number of ether oxygens (including phenoxy) is 1. The lowest BCUT2D eigenvalue weighted by Gasteiger charge is -2.23. The molecule has 5 N–H and O–H groups in total. The molecule has 6 heteroatoms. The van der Waals surface area contributed by atoms with Gasteiger partial charge in [0.15, 0.2) is 0 Å². The molecule has 20 heavy (non-hydrogen) atoms. The third kappa shape index (κ3) is 2.44. The molecular weight excluding hydrogens is 258 g/mol. The Morgan fingerprint density at radius 1 is 1.20 bits per heavy atom. The van der Waals surface area contributed by atoms with Gasteiger partial charge >= 0.3 is 6.03 Å². The first-order valence-electron chi connectivity index (χ1n) is 5.85. The van der Waals surface area contributed by atoms with Crippen LogP contribution in [0.3, 0.4) is 0 Å². The van der Waals surface area contributed by atoms with Crippen molar-refractivity contribution in [3.8, 4) is 11.5 Å². The van der Waals surface area contributed by atoms with Gasteiger partial charge in [-0.05, 0) is 24.3 Å². The average molecular weight is 273 g/mol. The van der Waals surface area contributed by atoms with Gasteiger partial charge < -0.3 is 21.3 Å². The SMILES string of the molecule is COc1ccccc1N(C(N)=O)c1ccc(N)cc1O. The first kappa shape index (κ1) is 13.5. The predicted octanol–water partition coefficient (Wildman–Crippen LogP) is 2.20. The van der Waals surface area contributed by atoms with E-state index in [2.05, 4.69) is 0 Å². The highest BCUT2D eigenvalue weighted by Gasteiger charge is 2.21. The van der Waals surface area contributed by atoms with Gasteiger partial charge in [-0.2, -0.15) is 0 Å². The molecule has 0 atom stereocenters. The molecule has 2 amide bonds. The number of rotatable bonds is 3. The normalized spacial score (nSPS) is 10.1. The van der Waals surface area contributed by atoms with Gasteiger partial charge in [-0.1, -0.05) is 12.1 Å². The van der Waals surface area contributed by atoms with Crippen LogP contribution in [0.4, 0.5) is 21.9 Å². The van der Waals surface area contributed by atoms with E-state index in [1.807, 2.05) is 0 Å². The van der Waals surface area contributed by atoms with Gasteiger partial charge in [-0.3, -0.25) is 4.90 Å². The third-order valence-electron chi connectivity index (χ3n) is 2.79. The summed E-state index contributed by atoms with van der Waals surface area (Å²) in [5, 5.41) is 9.97. The Balaban J connectivity index is 2.60. The molecule has 0 saturated carbocycles. The van der Waals surface area contributed by atoms with Crippen molar-refractivity contribution >= 4 is 23.1 Å². The molecule has 0 aromatic heterocycles. The zero-order valence-electron chi connectivity index (χ0n) is 10.9. The van der Waals surface area contributed by atoms with E-state index in [0.717, 1.165) is 4.90 Å². The minimum Gasteiger partial charge on any atom is -0.506 e. The number of carbonyl (C=O) groups excluding carboxylic acids is 1. The molecule has 0 saturated heterocycles. The van der Waals surface area contributed by atoms with E-state index in [-0.39, 0.29) is 11.4 Å². The molecule has 0 spiro atoms. The van der Waals surface area contributed by atoms with E-state index in [1.165, 1.54) is 19.2 Å². The maximum absolute atomic E-state index is 11.8. The van der Waals surface area contributed by atoms with E-state index in [0.29, 0.717) is 17.1 Å². The van der Waals surface area contributed by atoms with Gasteiger partial charge in [0.25, 0.3) is 0 Å². The number of primary amides is 1. The number of para-hydroxylation sites is 2. The van der Waals surface area contributed by atoms with Gasteiger partial charge in [0.2, 0.25) is 0 Å². The van der Waals surface area contributed by atoms with Gasteiger partial charge in [-0.25, -0.2) is 4.79 Å². The van der Waals surface area contributed by atoms with Crippen molar-refractivity contribution in [3.63, 3.8) is 0 Å². The van der Waals surface area contributed by atoms with E-state index >= 15 is 0 Å². The van der Waals surface area contributed by atoms with Crippen LogP contribution in [0.5, 0.6) is 11.5 Å². The van der Waals surface area contributed by atoms with Crippen LogP contribution >= 0.6 is 0 Å². The summed E-state index contributed by atoms with van der Waals surface area (Å²) < 4.78 is 5.21. The summed E-state index contributed by atoms with van der Waals surface area (Å²) in [4.78, 5) is 12.9. The summed E-state index contributed by atoms with van der Waals surface area (Å²) in [6.45, 7) is 0. The van der Waals surface area contributed by atoms with E-state index in [4.69, 9.17) is 16.2 Å². The smallest absolute Gasteiger partial charge is 0.324 e. The molecule has 0 fully saturated rings. The quantitative estimate of drug-likeness (QED) is 0.746. The number of hydrogen-bond donors (Lipinski definition) is 3. The van der Waals surface area contributed by atoms with Crippen LogP contribution in [0.1, 0.15) is 0 Å². The number of urea groups is 1. The Labute approximate surface area is 116 Å². The Morgan fingerprint density at radius 3 is 2.50 bits per heavy atom. The summed E-state index contributed by atoms with van der Waals surface area (Å²) in [6.07, 6.45) is 0. The maximum atomic E-state index is 11.8. The van der Waals surface area contributed by atoms with Crippen molar-refractivity contribution < 1.29 is 14.6 Å². The average Bonchev–Trinajstić information content (AvgIpc) is 2.42. The van der Waals surface area contributed by atoms with E-state index in [1.54, 1.807) is 30.3 Å². The summed E-state index contributed by atoms with van der Waals surface area (Å²) in [5.74, 6) is 0.317. The number of hydrogen-bond acceptors (Lipinski definition) is 4. The number of aromatic hydroxyl groups is 1. The van der Waals surface area contributed by atoms with Crippen LogP contribution in [0.2, 0.25) is 0 Å². The number of nitrogen functional groups attached to an aromatic ring is 1. The molecule has 0 aliphatic carbocycles. The number of anilines is 3. The number of methoxy groups -OCH3 is 1. The fourth-order valence-corrected chi connectivity index (χ4v) is 1.91. The Morgan fingerprint density at radius 2 is 1.90 bits per heavy atom. The van der Waals surface area contributed by atoms with Crippen LogP contribution in [-0.4, -0.2) is 18.2 Å². The van der Waals surface area contributed by atoms with E-state index in [9.17, 15) is 9.90 Å². The predicted molar refractivity (Wildman–Crippen MR) is 77.2 cm³/mol. The third-order valence-corrected chi connectivity index (χ3v) is 2.79. The number of amides is 2. The van der Waals surface area contributed by atoms with Gasteiger partial charge in [0.1, 0.15) is 11.5 Å². The first-order chi connectivity index (χ1) is 9.54. The number of phenolic OH excluding ortho intramolecular Hbond substituents is 1. The summed E-state index contributed by atoms with van der Waals surface area (Å²) in [6, 6.07) is 10.6. The van der Waals surface area contributed by atoms with Crippen molar-refractivity contribution in [1.82, 2.24) is 0 Å². The van der Waals surface area contributed by atoms with Crippen LogP contribution in [0.15, 0.2) is 42.5 Å². The second kappa shape index (κ2) is 5.40. The first-order valence-corrected chi connectivity index (χ1v) is 5.85. The maximum Gasteiger partial charge on any atom is 0.324 e. The molecule has 2 aromatic rings. The second-order valence-corrected chi connectivity index (χ2v) is 4.09. The number of benzene rings is 2. The van der Waals surface area contributed by atoms with Crippen LogP contribution in [0, 0.1) is 0 Å². The van der Waals surface area contributed by atoms with Crippen LogP contribution in [-0.2, 0) is 0 Å². The number of nitrogens with two attached hydrogens (primary N) is 2. The summed E-state index contributed by atoms with van der Waals surface area (Å²) in [7, 11) is 1.49. The largest absolute Gasteiger partial charge is 0.506 e. The molecular formula is C14H15N3O3. The minimum atomic E-state index is -0.741. The lowest BCUT2D eigenvalue weighted by atomic mass is 10.2. The van der Waals surface area contributed by atoms with E-state index < -0.39 is 6.03 Å². The van der Waals surface area contributed by atoms with Crippen molar-refractivity contribution in [2.45, 2.75) is 0 Å². The molecule has 6 nitrogen and oxygen atoms in total. The highest BCUT2D eigenvalue weighted by atomic mass is 16.5. The lowest BCUT2D eigenvalue weighted by Crippen LogP contribution is -2.31. The minimum absolute atomic E-state index is 0.144. The highest BCUT2D eigenvalue weighted by molar-refractivity contribution is 6.01. The lowest BCUT2D eigenvalue weighted by molar-refractivity contribution is 0.255. The van der Waals surface area contributed by atoms with Gasteiger partial charge in [0, 0.05) is 11.8 Å². The van der Waals surface area contributed by atoms with Crippen molar-refractivity contribution in [2.24, 2.45) is 5.73 Å². The molecule has 104 valence electrons. The standard InChI is InChI=1S/C14H15N3O3/c1-20-13-5-3-2-4-11(13)17(14(16)19)10-7-6-9(15)8-12(10)18/h2-8,18H,15H2,1H3,(H2,16,19). The number of nitrogens with zero attached hydrogens (tertiary/aromatic N) is 1. The topological polar surface area (TPSA) is 102 Å². The van der Waals surface area contributed by atoms with Crippen molar-refractivity contribution in [2.75, 3.05) is 17.7 Å². The number of carbonyl (C=O) groups is 1. The Hall–Kier alpha value is -2.89. The molecule has 0 aliphatic rings. The van der Waals surface area contributed by atoms with Crippen molar-refractivity contribution in [1.29, 1.82) is 0 Å². The summed E-state index contributed by atoms with van der Waals surface area (Å²) in [5.41, 5.74) is 12.0. The monoisotopic (exact) mass is 273 g/mol. The molecule has 0 aliphatic heterocycles. The molecule has 0 bridgehead atoms. The molecule has 0 radical (unpaired) electrons. The molecule has 2 aromatic carbocycles. The zero-order chi connectivity index (χ0) is 14.7. The fraction of sp³-hybridized carbons (Fsp3) is 0.0714. The molecule has 0 heterocycles. The Bertz CT molecular complexity index is 643. The highest BCUT2D eigenvalue weighted by Crippen LogP contribution is 2.38.